The molecule has 0 saturated carbocycles. The van der Waals surface area contributed by atoms with Crippen LogP contribution in [0.2, 0.25) is 0 Å². The van der Waals surface area contributed by atoms with Crippen molar-refractivity contribution in [1.82, 2.24) is 4.57 Å². The largest absolute Gasteiger partial charge is 0.508 e. The van der Waals surface area contributed by atoms with E-state index in [1.54, 1.807) is 19.2 Å². The molecule has 0 spiro atoms. The van der Waals surface area contributed by atoms with E-state index in [4.69, 9.17) is 4.74 Å². The number of rotatable bonds is 3. The minimum Gasteiger partial charge on any atom is -0.508 e. The molecule has 2 aromatic carbocycles. The standard InChI is InChI=1S/C16H15NO2/c1-19-15-6-7-16-13(10-15)8-9-17(16)11-12-2-4-14(18)5-3-12/h2-10,18H,11H2,1H3. The maximum atomic E-state index is 9.29. The molecule has 0 bridgehead atoms. The lowest BCUT2D eigenvalue weighted by Crippen LogP contribution is -1.97. The van der Waals surface area contributed by atoms with E-state index in [2.05, 4.69) is 22.9 Å². The maximum Gasteiger partial charge on any atom is 0.119 e. The van der Waals surface area contributed by atoms with Gasteiger partial charge in [-0.2, -0.15) is 0 Å². The third-order valence-corrected chi connectivity index (χ3v) is 3.27. The summed E-state index contributed by atoms with van der Waals surface area (Å²) < 4.78 is 7.41. The van der Waals surface area contributed by atoms with Gasteiger partial charge in [0.15, 0.2) is 0 Å². The normalized spacial score (nSPS) is 10.8. The second-order valence-corrected chi connectivity index (χ2v) is 4.53. The van der Waals surface area contributed by atoms with Crippen LogP contribution in [0.3, 0.4) is 0 Å². The Bertz CT molecular complexity index is 698. The summed E-state index contributed by atoms with van der Waals surface area (Å²) in [5.41, 5.74) is 2.33. The highest BCUT2D eigenvalue weighted by Gasteiger charge is 2.03. The number of benzene rings is 2. The molecule has 0 saturated heterocycles. The molecule has 0 radical (unpaired) electrons. The SMILES string of the molecule is COc1ccc2c(ccn2Cc2ccc(O)cc2)c1. The van der Waals surface area contributed by atoms with Crippen LogP contribution in [0.25, 0.3) is 10.9 Å². The first kappa shape index (κ1) is 11.7. The summed E-state index contributed by atoms with van der Waals surface area (Å²) in [4.78, 5) is 0. The van der Waals surface area contributed by atoms with Crippen molar-refractivity contribution in [2.75, 3.05) is 7.11 Å². The van der Waals surface area contributed by atoms with E-state index in [1.165, 1.54) is 5.52 Å². The highest BCUT2D eigenvalue weighted by Crippen LogP contribution is 2.22. The zero-order valence-corrected chi connectivity index (χ0v) is 10.7. The van der Waals surface area contributed by atoms with Gasteiger partial charge in [0.1, 0.15) is 11.5 Å². The van der Waals surface area contributed by atoms with Gasteiger partial charge >= 0.3 is 0 Å². The molecule has 1 heterocycles. The predicted octanol–water partition coefficient (Wildman–Crippen LogP) is 3.40. The average molecular weight is 253 g/mol. The van der Waals surface area contributed by atoms with Crippen molar-refractivity contribution in [2.45, 2.75) is 6.54 Å². The molecular formula is C16H15NO2. The molecule has 0 atom stereocenters. The van der Waals surface area contributed by atoms with Crippen LogP contribution in [0, 0.1) is 0 Å². The van der Waals surface area contributed by atoms with Crippen molar-refractivity contribution in [2.24, 2.45) is 0 Å². The lowest BCUT2D eigenvalue weighted by atomic mass is 10.2. The molecule has 0 fully saturated rings. The zero-order chi connectivity index (χ0) is 13.2. The molecule has 1 N–H and O–H groups in total. The van der Waals surface area contributed by atoms with Crippen molar-refractivity contribution >= 4 is 10.9 Å². The summed E-state index contributed by atoms with van der Waals surface area (Å²) >= 11 is 0. The van der Waals surface area contributed by atoms with Crippen LogP contribution < -0.4 is 4.74 Å². The Morgan fingerprint density at radius 3 is 2.58 bits per heavy atom. The molecule has 19 heavy (non-hydrogen) atoms. The summed E-state index contributed by atoms with van der Waals surface area (Å²) in [6.07, 6.45) is 2.07. The van der Waals surface area contributed by atoms with Gasteiger partial charge in [0.25, 0.3) is 0 Å². The third-order valence-electron chi connectivity index (χ3n) is 3.27. The second kappa shape index (κ2) is 4.69. The molecule has 0 aliphatic heterocycles. The van der Waals surface area contributed by atoms with E-state index in [-0.39, 0.29) is 0 Å². The topological polar surface area (TPSA) is 34.4 Å². The zero-order valence-electron chi connectivity index (χ0n) is 10.7. The molecule has 0 aliphatic carbocycles. The predicted molar refractivity (Wildman–Crippen MR) is 75.7 cm³/mol. The number of hydrogen-bond donors (Lipinski definition) is 1. The Balaban J connectivity index is 1.95. The lowest BCUT2D eigenvalue weighted by Gasteiger charge is -2.06. The van der Waals surface area contributed by atoms with Crippen LogP contribution in [0.1, 0.15) is 5.56 Å². The first-order valence-electron chi connectivity index (χ1n) is 6.17. The maximum absolute atomic E-state index is 9.29. The number of nitrogens with zero attached hydrogens (tertiary/aromatic N) is 1. The van der Waals surface area contributed by atoms with Gasteiger partial charge in [-0.1, -0.05) is 12.1 Å². The van der Waals surface area contributed by atoms with Crippen molar-refractivity contribution < 1.29 is 9.84 Å². The fourth-order valence-electron chi connectivity index (χ4n) is 2.24. The fourth-order valence-corrected chi connectivity index (χ4v) is 2.24. The van der Waals surface area contributed by atoms with Crippen molar-refractivity contribution in [3.8, 4) is 11.5 Å². The van der Waals surface area contributed by atoms with Gasteiger partial charge in [0.2, 0.25) is 0 Å². The van der Waals surface area contributed by atoms with E-state index < -0.39 is 0 Å². The van der Waals surface area contributed by atoms with E-state index in [0.29, 0.717) is 5.75 Å². The monoisotopic (exact) mass is 253 g/mol. The Morgan fingerprint density at radius 2 is 1.84 bits per heavy atom. The summed E-state index contributed by atoms with van der Waals surface area (Å²) in [6.45, 7) is 0.788. The van der Waals surface area contributed by atoms with Gasteiger partial charge in [-0.15, -0.1) is 0 Å². The highest BCUT2D eigenvalue weighted by molar-refractivity contribution is 5.81. The number of aromatic nitrogens is 1. The summed E-state index contributed by atoms with van der Waals surface area (Å²) in [5.74, 6) is 1.17. The van der Waals surface area contributed by atoms with Gasteiger partial charge in [0, 0.05) is 23.6 Å². The molecule has 3 nitrogen and oxygen atoms in total. The van der Waals surface area contributed by atoms with Gasteiger partial charge in [-0.25, -0.2) is 0 Å². The summed E-state index contributed by atoms with van der Waals surface area (Å²) in [5, 5.41) is 10.5. The molecule has 96 valence electrons. The van der Waals surface area contributed by atoms with Gasteiger partial charge in [-0.3, -0.25) is 0 Å². The van der Waals surface area contributed by atoms with Crippen LogP contribution in [0.4, 0.5) is 0 Å². The van der Waals surface area contributed by atoms with Crippen molar-refractivity contribution in [3.05, 3.63) is 60.3 Å². The molecule has 3 aromatic rings. The molecule has 0 aliphatic rings. The molecule has 3 rings (SSSR count). The van der Waals surface area contributed by atoms with E-state index >= 15 is 0 Å². The van der Waals surface area contributed by atoms with Gasteiger partial charge in [-0.05, 0) is 42.0 Å². The molecule has 0 unspecified atom stereocenters. The van der Waals surface area contributed by atoms with Crippen LogP contribution in [-0.2, 0) is 6.54 Å². The lowest BCUT2D eigenvalue weighted by molar-refractivity contribution is 0.415. The Hall–Kier alpha value is -2.42. The minimum absolute atomic E-state index is 0.297. The van der Waals surface area contributed by atoms with E-state index in [1.807, 2.05) is 24.3 Å². The van der Waals surface area contributed by atoms with Crippen LogP contribution in [0.5, 0.6) is 11.5 Å². The van der Waals surface area contributed by atoms with E-state index in [9.17, 15) is 5.11 Å². The van der Waals surface area contributed by atoms with Gasteiger partial charge in [0.05, 0.1) is 7.11 Å². The van der Waals surface area contributed by atoms with Gasteiger partial charge < -0.3 is 14.4 Å². The fraction of sp³-hybridized carbons (Fsp3) is 0.125. The third kappa shape index (κ3) is 2.27. The first-order chi connectivity index (χ1) is 9.26. The molecular weight excluding hydrogens is 238 g/mol. The number of phenolic OH excluding ortho intramolecular Hbond substituents is 1. The van der Waals surface area contributed by atoms with Crippen LogP contribution in [0.15, 0.2) is 54.7 Å². The average Bonchev–Trinajstić information content (AvgIpc) is 2.83. The number of methoxy groups -OCH3 is 1. The Morgan fingerprint density at radius 1 is 1.05 bits per heavy atom. The number of ether oxygens (including phenoxy) is 1. The van der Waals surface area contributed by atoms with E-state index in [0.717, 1.165) is 23.2 Å². The van der Waals surface area contributed by atoms with Crippen LogP contribution >= 0.6 is 0 Å². The quantitative estimate of drug-likeness (QED) is 0.776. The number of fused-ring (bicyclic) bond motifs is 1. The molecule has 0 amide bonds. The molecule has 3 heteroatoms. The first-order valence-corrected chi connectivity index (χ1v) is 6.17. The second-order valence-electron chi connectivity index (χ2n) is 4.53. The smallest absolute Gasteiger partial charge is 0.119 e. The van der Waals surface area contributed by atoms with Crippen molar-refractivity contribution in [1.29, 1.82) is 0 Å². The van der Waals surface area contributed by atoms with Crippen molar-refractivity contribution in [3.63, 3.8) is 0 Å². The number of hydrogen-bond acceptors (Lipinski definition) is 2. The van der Waals surface area contributed by atoms with Crippen LogP contribution in [-0.4, -0.2) is 16.8 Å². The summed E-state index contributed by atoms with van der Waals surface area (Å²) in [7, 11) is 1.68. The Kier molecular flexibility index (Phi) is 2.88. The minimum atomic E-state index is 0.297. The number of aromatic hydroxyl groups is 1. The highest BCUT2D eigenvalue weighted by atomic mass is 16.5. The summed E-state index contributed by atoms with van der Waals surface area (Å²) in [6, 6.07) is 15.4. The Labute approximate surface area is 111 Å². The molecule has 1 aromatic heterocycles. The number of phenols is 1.